The molecule has 2 amide bonds. The second-order valence-electron chi connectivity index (χ2n) is 6.82. The van der Waals surface area contributed by atoms with Crippen LogP contribution in [0.5, 0.6) is 0 Å². The Bertz CT molecular complexity index is 363. The molecular weight excluding hydrogens is 228 g/mol. The molecule has 2 rings (SSSR count). The molecule has 1 saturated carbocycles. The van der Waals surface area contributed by atoms with Crippen molar-refractivity contribution in [1.29, 1.82) is 0 Å². The van der Waals surface area contributed by atoms with E-state index >= 15 is 0 Å². The first-order chi connectivity index (χ1) is 8.30. The Labute approximate surface area is 109 Å². The summed E-state index contributed by atoms with van der Waals surface area (Å²) in [5, 5.41) is 2.81. The molecule has 1 N–H and O–H groups in total. The maximum atomic E-state index is 12.4. The zero-order valence-corrected chi connectivity index (χ0v) is 11.8. The second-order valence-corrected chi connectivity index (χ2v) is 6.82. The molecule has 2 aliphatic rings. The van der Waals surface area contributed by atoms with E-state index in [-0.39, 0.29) is 36.4 Å². The van der Waals surface area contributed by atoms with Crippen molar-refractivity contribution in [2.75, 3.05) is 6.54 Å². The maximum absolute atomic E-state index is 12.4. The number of hydrogen-bond donors (Lipinski definition) is 1. The van der Waals surface area contributed by atoms with Gasteiger partial charge in [-0.15, -0.1) is 0 Å². The SMILES string of the molecule is CC(C)C1NC(=O)CN(C2CCC(C)(C)C2)C1=O. The third-order valence-corrected chi connectivity index (χ3v) is 4.23. The molecule has 0 aromatic heterocycles. The lowest BCUT2D eigenvalue weighted by Crippen LogP contribution is -2.61. The van der Waals surface area contributed by atoms with Gasteiger partial charge in [-0.05, 0) is 30.6 Å². The van der Waals surface area contributed by atoms with E-state index in [1.807, 2.05) is 18.7 Å². The van der Waals surface area contributed by atoms with Gasteiger partial charge in [0.25, 0.3) is 0 Å². The van der Waals surface area contributed by atoms with Crippen LogP contribution in [0, 0.1) is 11.3 Å². The first-order valence-electron chi connectivity index (χ1n) is 6.90. The number of carbonyl (C=O) groups is 2. The minimum absolute atomic E-state index is 0.0157. The summed E-state index contributed by atoms with van der Waals surface area (Å²) in [6.07, 6.45) is 3.17. The molecule has 1 aliphatic heterocycles. The second kappa shape index (κ2) is 4.56. The molecule has 1 heterocycles. The highest BCUT2D eigenvalue weighted by atomic mass is 16.2. The van der Waals surface area contributed by atoms with Crippen molar-refractivity contribution in [3.63, 3.8) is 0 Å². The van der Waals surface area contributed by atoms with Gasteiger partial charge in [-0.25, -0.2) is 0 Å². The Balaban J connectivity index is 2.12. The van der Waals surface area contributed by atoms with E-state index in [2.05, 4.69) is 19.2 Å². The van der Waals surface area contributed by atoms with Crippen molar-refractivity contribution in [2.24, 2.45) is 11.3 Å². The predicted molar refractivity (Wildman–Crippen MR) is 69.9 cm³/mol. The summed E-state index contributed by atoms with van der Waals surface area (Å²) in [4.78, 5) is 26.0. The topological polar surface area (TPSA) is 49.4 Å². The minimum Gasteiger partial charge on any atom is -0.343 e. The number of nitrogens with one attached hydrogen (secondary N) is 1. The number of rotatable bonds is 2. The molecule has 0 aromatic carbocycles. The number of amides is 2. The van der Waals surface area contributed by atoms with Crippen molar-refractivity contribution < 1.29 is 9.59 Å². The van der Waals surface area contributed by atoms with Crippen LogP contribution in [0.25, 0.3) is 0 Å². The summed E-state index contributed by atoms with van der Waals surface area (Å²) in [7, 11) is 0. The predicted octanol–water partition coefficient (Wildman–Crippen LogP) is 1.55. The maximum Gasteiger partial charge on any atom is 0.246 e. The molecule has 4 heteroatoms. The molecule has 0 radical (unpaired) electrons. The quantitative estimate of drug-likeness (QED) is 0.810. The van der Waals surface area contributed by atoms with Crippen LogP contribution >= 0.6 is 0 Å². The van der Waals surface area contributed by atoms with Gasteiger partial charge in [0.2, 0.25) is 11.8 Å². The van der Waals surface area contributed by atoms with Crippen LogP contribution in [0.4, 0.5) is 0 Å². The van der Waals surface area contributed by atoms with Crippen LogP contribution in [-0.2, 0) is 9.59 Å². The zero-order chi connectivity index (χ0) is 13.5. The molecule has 4 nitrogen and oxygen atoms in total. The number of carbonyl (C=O) groups excluding carboxylic acids is 2. The van der Waals surface area contributed by atoms with Crippen LogP contribution < -0.4 is 5.32 Å². The van der Waals surface area contributed by atoms with E-state index in [0.29, 0.717) is 5.41 Å². The zero-order valence-electron chi connectivity index (χ0n) is 11.8. The Morgan fingerprint density at radius 2 is 2.00 bits per heavy atom. The Morgan fingerprint density at radius 3 is 2.50 bits per heavy atom. The fourth-order valence-electron chi connectivity index (χ4n) is 3.12. The number of nitrogens with zero attached hydrogens (tertiary/aromatic N) is 1. The van der Waals surface area contributed by atoms with Crippen LogP contribution in [0.15, 0.2) is 0 Å². The number of piperazine rings is 1. The molecule has 0 spiro atoms. The van der Waals surface area contributed by atoms with Crippen LogP contribution in [0.3, 0.4) is 0 Å². The minimum atomic E-state index is -0.338. The summed E-state index contributed by atoms with van der Waals surface area (Å²) >= 11 is 0. The normalized spacial score (nSPS) is 31.9. The van der Waals surface area contributed by atoms with Crippen molar-refractivity contribution in [3.05, 3.63) is 0 Å². The van der Waals surface area contributed by atoms with Crippen molar-refractivity contribution in [1.82, 2.24) is 10.2 Å². The third-order valence-electron chi connectivity index (χ3n) is 4.23. The van der Waals surface area contributed by atoms with Gasteiger partial charge in [-0.3, -0.25) is 9.59 Å². The van der Waals surface area contributed by atoms with Crippen LogP contribution in [0.2, 0.25) is 0 Å². The lowest BCUT2D eigenvalue weighted by molar-refractivity contribution is -0.147. The Hall–Kier alpha value is -1.06. The van der Waals surface area contributed by atoms with E-state index < -0.39 is 0 Å². The van der Waals surface area contributed by atoms with Crippen LogP contribution in [0.1, 0.15) is 47.0 Å². The number of hydrogen-bond acceptors (Lipinski definition) is 2. The van der Waals surface area contributed by atoms with Gasteiger partial charge in [-0.1, -0.05) is 27.7 Å². The smallest absolute Gasteiger partial charge is 0.246 e. The highest BCUT2D eigenvalue weighted by molar-refractivity contribution is 5.95. The molecule has 0 bridgehead atoms. The molecule has 1 saturated heterocycles. The van der Waals surface area contributed by atoms with Crippen molar-refractivity contribution in [3.8, 4) is 0 Å². The van der Waals surface area contributed by atoms with Gasteiger partial charge in [0.05, 0.1) is 6.54 Å². The van der Waals surface area contributed by atoms with Crippen LogP contribution in [-0.4, -0.2) is 35.3 Å². The molecule has 1 aliphatic carbocycles. The fourth-order valence-corrected chi connectivity index (χ4v) is 3.12. The standard InChI is InChI=1S/C14H24N2O2/c1-9(2)12-13(18)16(8-11(17)15-12)10-5-6-14(3,4)7-10/h9-10,12H,5-8H2,1-4H3,(H,15,17). The summed E-state index contributed by atoms with van der Waals surface area (Å²) in [6, 6.07) is -0.0882. The fraction of sp³-hybridized carbons (Fsp3) is 0.857. The van der Waals surface area contributed by atoms with Gasteiger partial charge in [0, 0.05) is 6.04 Å². The third kappa shape index (κ3) is 2.52. The highest BCUT2D eigenvalue weighted by Gasteiger charge is 2.42. The first-order valence-corrected chi connectivity index (χ1v) is 6.90. The average molecular weight is 252 g/mol. The Kier molecular flexibility index (Phi) is 3.39. The monoisotopic (exact) mass is 252 g/mol. The molecule has 2 unspecified atom stereocenters. The summed E-state index contributed by atoms with van der Waals surface area (Å²) in [6.45, 7) is 8.67. The van der Waals surface area contributed by atoms with E-state index in [4.69, 9.17) is 0 Å². The molecular formula is C14H24N2O2. The van der Waals surface area contributed by atoms with E-state index in [1.165, 1.54) is 0 Å². The van der Waals surface area contributed by atoms with Crippen molar-refractivity contribution >= 4 is 11.8 Å². The van der Waals surface area contributed by atoms with Gasteiger partial charge in [-0.2, -0.15) is 0 Å². The molecule has 102 valence electrons. The van der Waals surface area contributed by atoms with Gasteiger partial charge in [0.15, 0.2) is 0 Å². The van der Waals surface area contributed by atoms with E-state index in [9.17, 15) is 9.59 Å². The summed E-state index contributed by atoms with van der Waals surface area (Å²) in [5.74, 6) is 0.240. The van der Waals surface area contributed by atoms with Gasteiger partial charge >= 0.3 is 0 Å². The molecule has 0 aromatic rings. The first kappa shape index (κ1) is 13.4. The molecule has 18 heavy (non-hydrogen) atoms. The van der Waals surface area contributed by atoms with E-state index in [1.54, 1.807) is 0 Å². The van der Waals surface area contributed by atoms with E-state index in [0.717, 1.165) is 19.3 Å². The summed E-state index contributed by atoms with van der Waals surface area (Å²) < 4.78 is 0. The average Bonchev–Trinajstić information content (AvgIpc) is 2.61. The lowest BCUT2D eigenvalue weighted by Gasteiger charge is -2.38. The Morgan fingerprint density at radius 1 is 1.33 bits per heavy atom. The van der Waals surface area contributed by atoms with Gasteiger partial charge in [0.1, 0.15) is 6.04 Å². The molecule has 2 fully saturated rings. The molecule has 2 atom stereocenters. The van der Waals surface area contributed by atoms with Gasteiger partial charge < -0.3 is 10.2 Å². The highest BCUT2D eigenvalue weighted by Crippen LogP contribution is 2.39. The largest absolute Gasteiger partial charge is 0.343 e. The lowest BCUT2D eigenvalue weighted by atomic mass is 9.91. The van der Waals surface area contributed by atoms with Crippen molar-refractivity contribution in [2.45, 2.75) is 59.0 Å². The summed E-state index contributed by atoms with van der Waals surface area (Å²) in [5.41, 5.74) is 0.298.